The molecule has 6 nitrogen and oxygen atoms in total. The maximum atomic E-state index is 14.8. The molecule has 0 radical (unpaired) electrons. The number of carbonyl (C=O) groups is 1. The van der Waals surface area contributed by atoms with Gasteiger partial charge in [0.15, 0.2) is 0 Å². The molecule has 0 aliphatic carbocycles. The molecule has 10 heteroatoms. The molecular weight excluding hydrogens is 505 g/mol. The monoisotopic (exact) mass is 536 g/mol. The molecule has 2 N–H and O–H groups in total. The summed E-state index contributed by atoms with van der Waals surface area (Å²) in [6, 6.07) is 6.78. The molecule has 2 aromatic carbocycles. The quantitative estimate of drug-likeness (QED) is 0.506. The van der Waals surface area contributed by atoms with Crippen LogP contribution >= 0.6 is 11.6 Å². The van der Waals surface area contributed by atoms with Gasteiger partial charge >= 0.3 is 0 Å². The molecule has 0 aromatic heterocycles. The van der Waals surface area contributed by atoms with E-state index in [1.807, 2.05) is 0 Å². The van der Waals surface area contributed by atoms with Gasteiger partial charge in [-0.1, -0.05) is 29.8 Å². The summed E-state index contributed by atoms with van der Waals surface area (Å²) in [5.41, 5.74) is 1.07. The lowest BCUT2D eigenvalue weighted by Crippen LogP contribution is -2.53. The SMILES string of the molecule is C[C@@H](NC(=O)c1cc(N2CCOCC2)c(Cl)cc1N[C@H]1CN2CCC1CC2)c1cccc(C(F)F)c1F. The molecule has 37 heavy (non-hydrogen) atoms. The molecule has 4 aliphatic rings. The number of piperidine rings is 3. The normalized spacial score (nSPS) is 24.3. The van der Waals surface area contributed by atoms with Crippen molar-refractivity contribution in [1.82, 2.24) is 10.2 Å². The van der Waals surface area contributed by atoms with Crippen molar-refractivity contribution in [1.29, 1.82) is 0 Å². The van der Waals surface area contributed by atoms with E-state index < -0.39 is 29.8 Å². The van der Waals surface area contributed by atoms with Gasteiger partial charge in [0.05, 0.1) is 41.1 Å². The Morgan fingerprint density at radius 3 is 2.46 bits per heavy atom. The Morgan fingerprint density at radius 2 is 1.81 bits per heavy atom. The zero-order valence-corrected chi connectivity index (χ0v) is 21.5. The number of benzene rings is 2. The highest BCUT2D eigenvalue weighted by molar-refractivity contribution is 6.34. The third-order valence-corrected chi connectivity index (χ3v) is 8.09. The second-order valence-corrected chi connectivity index (χ2v) is 10.5. The Labute approximate surface area is 220 Å². The molecule has 4 saturated heterocycles. The minimum atomic E-state index is -2.94. The summed E-state index contributed by atoms with van der Waals surface area (Å²) in [7, 11) is 0. The average molecular weight is 537 g/mol. The maximum absolute atomic E-state index is 14.8. The summed E-state index contributed by atoms with van der Waals surface area (Å²) >= 11 is 6.72. The van der Waals surface area contributed by atoms with Crippen molar-refractivity contribution >= 4 is 28.9 Å². The van der Waals surface area contributed by atoms with E-state index in [2.05, 4.69) is 20.4 Å². The highest BCUT2D eigenvalue weighted by atomic mass is 35.5. The number of rotatable bonds is 7. The first-order valence-electron chi connectivity index (χ1n) is 12.8. The molecular formula is C27H32ClF3N4O2. The second kappa shape index (κ2) is 11.1. The van der Waals surface area contributed by atoms with Crippen molar-refractivity contribution in [2.24, 2.45) is 5.92 Å². The van der Waals surface area contributed by atoms with Crippen LogP contribution in [0.2, 0.25) is 5.02 Å². The zero-order chi connectivity index (χ0) is 26.1. The van der Waals surface area contributed by atoms with Crippen LogP contribution in [0.3, 0.4) is 0 Å². The van der Waals surface area contributed by atoms with Gasteiger partial charge in [-0.25, -0.2) is 13.2 Å². The smallest absolute Gasteiger partial charge is 0.266 e. The fraction of sp³-hybridized carbons (Fsp3) is 0.519. The van der Waals surface area contributed by atoms with Gasteiger partial charge in [0.1, 0.15) is 5.82 Å². The lowest BCUT2D eigenvalue weighted by atomic mass is 9.84. The van der Waals surface area contributed by atoms with Gasteiger partial charge in [0.25, 0.3) is 12.3 Å². The van der Waals surface area contributed by atoms with Gasteiger partial charge < -0.3 is 25.2 Å². The number of carbonyl (C=O) groups excluding carboxylic acids is 1. The molecule has 0 unspecified atom stereocenters. The number of hydrogen-bond acceptors (Lipinski definition) is 5. The Morgan fingerprint density at radius 1 is 1.11 bits per heavy atom. The Kier molecular flexibility index (Phi) is 7.83. The molecule has 2 aromatic rings. The fourth-order valence-electron chi connectivity index (χ4n) is 5.67. The van der Waals surface area contributed by atoms with Crippen molar-refractivity contribution in [3.63, 3.8) is 0 Å². The molecule has 6 rings (SSSR count). The number of nitrogens with zero attached hydrogens (tertiary/aromatic N) is 2. The van der Waals surface area contributed by atoms with Crippen LogP contribution in [0.25, 0.3) is 0 Å². The third-order valence-electron chi connectivity index (χ3n) is 7.79. The summed E-state index contributed by atoms with van der Waals surface area (Å²) in [6.07, 6.45) is -0.724. The summed E-state index contributed by atoms with van der Waals surface area (Å²) in [5.74, 6) is -0.908. The predicted molar refractivity (Wildman–Crippen MR) is 138 cm³/mol. The number of morpholine rings is 1. The molecule has 2 bridgehead atoms. The molecule has 4 fully saturated rings. The number of hydrogen-bond donors (Lipinski definition) is 2. The first-order valence-corrected chi connectivity index (χ1v) is 13.2. The fourth-order valence-corrected chi connectivity index (χ4v) is 5.95. The van der Waals surface area contributed by atoms with E-state index in [4.69, 9.17) is 16.3 Å². The van der Waals surface area contributed by atoms with Crippen LogP contribution in [0, 0.1) is 11.7 Å². The minimum Gasteiger partial charge on any atom is -0.380 e. The molecule has 200 valence electrons. The van der Waals surface area contributed by atoms with Gasteiger partial charge in [-0.3, -0.25) is 4.79 Å². The zero-order valence-electron chi connectivity index (χ0n) is 20.8. The lowest BCUT2D eigenvalue weighted by Gasteiger charge is -2.45. The number of amides is 1. The van der Waals surface area contributed by atoms with Crippen LogP contribution in [0.15, 0.2) is 30.3 Å². The van der Waals surface area contributed by atoms with Crippen LogP contribution in [-0.2, 0) is 4.74 Å². The number of ether oxygens (including phenoxy) is 1. The van der Waals surface area contributed by atoms with E-state index in [1.54, 1.807) is 19.1 Å². The van der Waals surface area contributed by atoms with Crippen molar-refractivity contribution in [2.75, 3.05) is 56.2 Å². The van der Waals surface area contributed by atoms with E-state index >= 15 is 0 Å². The maximum Gasteiger partial charge on any atom is 0.266 e. The number of fused-ring (bicyclic) bond motifs is 3. The van der Waals surface area contributed by atoms with E-state index in [9.17, 15) is 18.0 Å². The highest BCUT2D eigenvalue weighted by Gasteiger charge is 2.35. The molecule has 0 saturated carbocycles. The average Bonchev–Trinajstić information content (AvgIpc) is 2.90. The molecule has 1 amide bonds. The summed E-state index contributed by atoms with van der Waals surface area (Å²) < 4.78 is 46.7. The summed E-state index contributed by atoms with van der Waals surface area (Å²) in [4.78, 5) is 18.1. The van der Waals surface area contributed by atoms with Crippen molar-refractivity contribution in [3.8, 4) is 0 Å². The van der Waals surface area contributed by atoms with E-state index in [0.717, 1.165) is 44.2 Å². The van der Waals surface area contributed by atoms with Crippen molar-refractivity contribution in [2.45, 2.75) is 38.3 Å². The van der Waals surface area contributed by atoms with Crippen molar-refractivity contribution < 1.29 is 22.7 Å². The molecule has 4 heterocycles. The number of halogens is 4. The third kappa shape index (κ3) is 5.54. The van der Waals surface area contributed by atoms with Crippen LogP contribution in [0.5, 0.6) is 0 Å². The van der Waals surface area contributed by atoms with Crippen molar-refractivity contribution in [3.05, 3.63) is 57.9 Å². The highest BCUT2D eigenvalue weighted by Crippen LogP contribution is 2.36. The summed E-state index contributed by atoms with van der Waals surface area (Å²) in [6.45, 7) is 7.09. The van der Waals surface area contributed by atoms with E-state index in [1.165, 1.54) is 12.1 Å². The standard InChI is InChI=1S/C27H32ClF3N4O2/c1-16(18-3-2-4-19(25(18)29)26(30)31)32-27(36)20-13-24(35-9-11-37-12-10-35)21(28)14-22(20)33-23-15-34-7-5-17(23)6-8-34/h2-4,13-14,16-17,23,26,33H,5-12,15H2,1H3,(H,32,36)/t16-,23+/m1/s1. The van der Waals surface area contributed by atoms with Gasteiger partial charge in [0.2, 0.25) is 0 Å². The number of anilines is 2. The molecule has 2 atom stereocenters. The van der Waals surface area contributed by atoms with Crippen LogP contribution < -0.4 is 15.5 Å². The van der Waals surface area contributed by atoms with E-state index in [0.29, 0.717) is 48.5 Å². The summed E-state index contributed by atoms with van der Waals surface area (Å²) in [5, 5.41) is 6.93. The number of alkyl halides is 2. The van der Waals surface area contributed by atoms with E-state index in [-0.39, 0.29) is 11.6 Å². The van der Waals surface area contributed by atoms with Crippen LogP contribution in [-0.4, -0.2) is 62.8 Å². The second-order valence-electron chi connectivity index (χ2n) is 10.1. The molecule has 0 spiro atoms. The van der Waals surface area contributed by atoms with Gasteiger partial charge in [-0.2, -0.15) is 0 Å². The molecule has 4 aliphatic heterocycles. The van der Waals surface area contributed by atoms with Crippen LogP contribution in [0.4, 0.5) is 24.5 Å². The topological polar surface area (TPSA) is 56.8 Å². The predicted octanol–water partition coefficient (Wildman–Crippen LogP) is 5.25. The number of nitrogens with one attached hydrogen (secondary N) is 2. The first-order chi connectivity index (χ1) is 17.8. The Hall–Kier alpha value is -2.49. The van der Waals surface area contributed by atoms with Crippen LogP contribution in [0.1, 0.15) is 53.7 Å². The van der Waals surface area contributed by atoms with Gasteiger partial charge in [0, 0.05) is 36.9 Å². The van der Waals surface area contributed by atoms with Gasteiger partial charge in [-0.05, 0) is 50.9 Å². The Balaban J connectivity index is 1.44. The first kappa shape index (κ1) is 26.1. The Bertz CT molecular complexity index is 1140. The largest absolute Gasteiger partial charge is 0.380 e. The van der Waals surface area contributed by atoms with Gasteiger partial charge in [-0.15, -0.1) is 0 Å². The minimum absolute atomic E-state index is 0.0143. The lowest BCUT2D eigenvalue weighted by molar-refractivity contribution is 0.0934.